The molecule has 9 heteroatoms. The summed E-state index contributed by atoms with van der Waals surface area (Å²) < 4.78 is 65.3. The quantitative estimate of drug-likeness (QED) is 0.688. The first kappa shape index (κ1) is 21.7. The van der Waals surface area contributed by atoms with Crippen molar-refractivity contribution in [2.75, 3.05) is 18.4 Å². The first-order valence-electron chi connectivity index (χ1n) is 9.31. The standard InChI is InChI=1S/C21H19F5N2O2/c1-2-28(11-18(29)27-19-16(22)4-3-5-17(19)23)20(30)15-10-14(15)12-6-8-13(9-7-12)21(24,25)26/h3-9,14-15H,2,10-11H2,1H3,(H,27,29). The molecule has 2 aromatic rings. The minimum atomic E-state index is -4.43. The maximum Gasteiger partial charge on any atom is 0.416 e. The van der Waals surface area contributed by atoms with Gasteiger partial charge in [0.1, 0.15) is 17.3 Å². The van der Waals surface area contributed by atoms with E-state index in [0.29, 0.717) is 12.0 Å². The second kappa shape index (κ2) is 8.41. The number of anilines is 1. The summed E-state index contributed by atoms with van der Waals surface area (Å²) in [4.78, 5) is 26.1. The van der Waals surface area contributed by atoms with Gasteiger partial charge < -0.3 is 10.2 Å². The fourth-order valence-corrected chi connectivity index (χ4v) is 3.31. The van der Waals surface area contributed by atoms with E-state index in [9.17, 15) is 31.5 Å². The lowest BCUT2D eigenvalue weighted by atomic mass is 10.1. The second-order valence-electron chi connectivity index (χ2n) is 7.07. The van der Waals surface area contributed by atoms with Crippen LogP contribution in [0.2, 0.25) is 0 Å². The molecular weight excluding hydrogens is 407 g/mol. The Morgan fingerprint density at radius 2 is 1.67 bits per heavy atom. The van der Waals surface area contributed by atoms with Gasteiger partial charge in [-0.3, -0.25) is 9.59 Å². The predicted octanol–water partition coefficient (Wildman–Crippen LogP) is 4.57. The molecule has 0 aromatic heterocycles. The smallest absolute Gasteiger partial charge is 0.333 e. The summed E-state index contributed by atoms with van der Waals surface area (Å²) in [6, 6.07) is 7.82. The maximum atomic E-state index is 13.7. The number of rotatable bonds is 6. The third-order valence-electron chi connectivity index (χ3n) is 5.03. The second-order valence-corrected chi connectivity index (χ2v) is 7.07. The van der Waals surface area contributed by atoms with Gasteiger partial charge in [0.2, 0.25) is 11.8 Å². The first-order chi connectivity index (χ1) is 14.1. The molecule has 0 radical (unpaired) electrons. The van der Waals surface area contributed by atoms with Gasteiger partial charge in [-0.05, 0) is 49.1 Å². The molecule has 160 valence electrons. The number of para-hydroxylation sites is 1. The van der Waals surface area contributed by atoms with Gasteiger partial charge in [0.15, 0.2) is 0 Å². The number of alkyl halides is 3. The SMILES string of the molecule is CCN(CC(=O)Nc1c(F)cccc1F)C(=O)C1CC1c1ccc(C(F)(F)F)cc1. The molecule has 1 saturated carbocycles. The van der Waals surface area contributed by atoms with E-state index in [4.69, 9.17) is 0 Å². The van der Waals surface area contributed by atoms with Crippen LogP contribution in [0.3, 0.4) is 0 Å². The highest BCUT2D eigenvalue weighted by molar-refractivity contribution is 5.95. The number of halogens is 5. The average molecular weight is 426 g/mol. The Bertz CT molecular complexity index is 923. The topological polar surface area (TPSA) is 49.4 Å². The van der Waals surface area contributed by atoms with Crippen molar-refractivity contribution in [2.45, 2.75) is 25.4 Å². The fourth-order valence-electron chi connectivity index (χ4n) is 3.31. The van der Waals surface area contributed by atoms with Crippen LogP contribution >= 0.6 is 0 Å². The molecule has 0 spiro atoms. The number of amides is 2. The molecule has 1 fully saturated rings. The molecular formula is C21H19F5N2O2. The average Bonchev–Trinajstić information content (AvgIpc) is 3.49. The van der Waals surface area contributed by atoms with Gasteiger partial charge in [0.05, 0.1) is 12.1 Å². The molecule has 0 heterocycles. The van der Waals surface area contributed by atoms with Crippen molar-refractivity contribution in [3.63, 3.8) is 0 Å². The summed E-state index contributed by atoms with van der Waals surface area (Å²) in [6.07, 6.45) is -3.97. The number of carbonyl (C=O) groups excluding carboxylic acids is 2. The summed E-state index contributed by atoms with van der Waals surface area (Å²) in [5.74, 6) is -3.60. The molecule has 2 atom stereocenters. The fraction of sp³-hybridized carbons (Fsp3) is 0.333. The Balaban J connectivity index is 1.61. The van der Waals surface area contributed by atoms with E-state index >= 15 is 0 Å². The van der Waals surface area contributed by atoms with Gasteiger partial charge in [0.25, 0.3) is 0 Å². The number of nitrogens with one attached hydrogen (secondary N) is 1. The lowest BCUT2D eigenvalue weighted by Gasteiger charge is -2.21. The molecule has 30 heavy (non-hydrogen) atoms. The highest BCUT2D eigenvalue weighted by Gasteiger charge is 2.46. The summed E-state index contributed by atoms with van der Waals surface area (Å²) in [5, 5.41) is 2.13. The van der Waals surface area contributed by atoms with Crippen LogP contribution in [-0.4, -0.2) is 29.8 Å². The van der Waals surface area contributed by atoms with Gasteiger partial charge in [-0.1, -0.05) is 18.2 Å². The van der Waals surface area contributed by atoms with Crippen molar-refractivity contribution in [1.82, 2.24) is 4.90 Å². The van der Waals surface area contributed by atoms with Crippen molar-refractivity contribution in [1.29, 1.82) is 0 Å². The van der Waals surface area contributed by atoms with Crippen molar-refractivity contribution >= 4 is 17.5 Å². The number of hydrogen-bond acceptors (Lipinski definition) is 2. The number of hydrogen-bond donors (Lipinski definition) is 1. The van der Waals surface area contributed by atoms with Crippen LogP contribution in [0.1, 0.15) is 30.4 Å². The van der Waals surface area contributed by atoms with E-state index in [1.54, 1.807) is 6.92 Å². The van der Waals surface area contributed by atoms with Crippen molar-refractivity contribution < 1.29 is 31.5 Å². The van der Waals surface area contributed by atoms with Crippen LogP contribution < -0.4 is 5.32 Å². The van der Waals surface area contributed by atoms with Gasteiger partial charge in [-0.2, -0.15) is 13.2 Å². The molecule has 0 saturated heterocycles. The molecule has 1 N–H and O–H groups in total. The number of nitrogens with zero attached hydrogens (tertiary/aromatic N) is 1. The highest BCUT2D eigenvalue weighted by atomic mass is 19.4. The Labute approximate surface area is 169 Å². The van der Waals surface area contributed by atoms with Crippen LogP contribution in [0.4, 0.5) is 27.6 Å². The number of benzene rings is 2. The van der Waals surface area contributed by atoms with Gasteiger partial charge in [0, 0.05) is 12.5 Å². The van der Waals surface area contributed by atoms with Crippen LogP contribution in [0.5, 0.6) is 0 Å². The van der Waals surface area contributed by atoms with E-state index in [2.05, 4.69) is 5.32 Å². The Morgan fingerprint density at radius 1 is 1.07 bits per heavy atom. The summed E-state index contributed by atoms with van der Waals surface area (Å²) in [5.41, 5.74) is -0.725. The molecule has 0 bridgehead atoms. The van der Waals surface area contributed by atoms with E-state index in [-0.39, 0.29) is 24.9 Å². The van der Waals surface area contributed by atoms with Gasteiger partial charge in [-0.15, -0.1) is 0 Å². The molecule has 2 unspecified atom stereocenters. The summed E-state index contributed by atoms with van der Waals surface area (Å²) in [6.45, 7) is 1.46. The maximum absolute atomic E-state index is 13.7. The zero-order valence-electron chi connectivity index (χ0n) is 16.0. The van der Waals surface area contributed by atoms with Gasteiger partial charge >= 0.3 is 6.18 Å². The monoisotopic (exact) mass is 426 g/mol. The molecule has 4 nitrogen and oxygen atoms in total. The highest BCUT2D eigenvalue weighted by Crippen LogP contribution is 2.48. The van der Waals surface area contributed by atoms with Gasteiger partial charge in [-0.25, -0.2) is 8.78 Å². The van der Waals surface area contributed by atoms with Crippen molar-refractivity contribution in [3.8, 4) is 0 Å². The lowest BCUT2D eigenvalue weighted by molar-refractivity contribution is -0.137. The first-order valence-corrected chi connectivity index (χ1v) is 9.31. The zero-order valence-corrected chi connectivity index (χ0v) is 16.0. The van der Waals surface area contributed by atoms with Crippen LogP contribution in [-0.2, 0) is 15.8 Å². The van der Waals surface area contributed by atoms with E-state index in [0.717, 1.165) is 30.3 Å². The molecule has 2 aromatic carbocycles. The van der Waals surface area contributed by atoms with E-state index in [1.165, 1.54) is 17.0 Å². The largest absolute Gasteiger partial charge is 0.416 e. The molecule has 1 aliphatic carbocycles. The summed E-state index contributed by atoms with van der Waals surface area (Å²) >= 11 is 0. The molecule has 1 aliphatic rings. The third-order valence-corrected chi connectivity index (χ3v) is 5.03. The molecule has 3 rings (SSSR count). The Morgan fingerprint density at radius 3 is 2.20 bits per heavy atom. The summed E-state index contributed by atoms with van der Waals surface area (Å²) in [7, 11) is 0. The van der Waals surface area contributed by atoms with E-state index < -0.39 is 40.9 Å². The minimum Gasteiger partial charge on any atom is -0.333 e. The third kappa shape index (κ3) is 4.77. The van der Waals surface area contributed by atoms with Crippen LogP contribution in [0, 0.1) is 17.6 Å². The zero-order chi connectivity index (χ0) is 22.1. The lowest BCUT2D eigenvalue weighted by Crippen LogP contribution is -2.39. The van der Waals surface area contributed by atoms with Crippen LogP contribution in [0.25, 0.3) is 0 Å². The van der Waals surface area contributed by atoms with Crippen LogP contribution in [0.15, 0.2) is 42.5 Å². The Kier molecular flexibility index (Phi) is 6.09. The predicted molar refractivity (Wildman–Crippen MR) is 99.5 cm³/mol. The van der Waals surface area contributed by atoms with Crippen molar-refractivity contribution in [2.24, 2.45) is 5.92 Å². The number of carbonyl (C=O) groups is 2. The van der Waals surface area contributed by atoms with E-state index in [1.807, 2.05) is 0 Å². The normalized spacial score (nSPS) is 18.1. The molecule has 0 aliphatic heterocycles. The van der Waals surface area contributed by atoms with Crippen molar-refractivity contribution in [3.05, 3.63) is 65.2 Å². The molecule has 2 amide bonds. The number of likely N-dealkylation sites (N-methyl/N-ethyl adjacent to an activating group) is 1. The minimum absolute atomic E-state index is 0.197. The Hall–Kier alpha value is -2.97.